The lowest BCUT2D eigenvalue weighted by Crippen LogP contribution is -1.98. The van der Waals surface area contributed by atoms with Gasteiger partial charge in [-0.2, -0.15) is 0 Å². The van der Waals surface area contributed by atoms with Crippen LogP contribution >= 0.6 is 0 Å². The minimum absolute atomic E-state index is 1.14. The third kappa shape index (κ3) is 4.06. The van der Waals surface area contributed by atoms with Gasteiger partial charge in [0.05, 0.1) is 33.1 Å². The monoisotopic (exact) mass is 649 g/mol. The highest BCUT2D eigenvalue weighted by atomic mass is 15.0. The number of para-hydroxylation sites is 5. The number of nitrogens with zero attached hydrogens (tertiary/aromatic N) is 3. The molecule has 0 fully saturated rings. The highest BCUT2D eigenvalue weighted by molar-refractivity contribution is 6.23. The van der Waals surface area contributed by atoms with Crippen LogP contribution in [0, 0.1) is 0 Å². The summed E-state index contributed by atoms with van der Waals surface area (Å²) in [5.41, 5.74) is 13.1. The smallest absolute Gasteiger partial charge is 0.0788 e. The number of fused-ring (bicyclic) bond motifs is 10. The molecule has 0 unspecified atom stereocenters. The average Bonchev–Trinajstić information content (AvgIpc) is 3.84. The van der Waals surface area contributed by atoms with E-state index >= 15 is 0 Å². The molecule has 0 amide bonds. The van der Waals surface area contributed by atoms with Gasteiger partial charge < -0.3 is 13.7 Å². The Bertz CT molecular complexity index is 3110. The Morgan fingerprint density at radius 1 is 0.235 bits per heavy atom. The Labute approximate surface area is 294 Å². The number of aromatic nitrogens is 3. The van der Waals surface area contributed by atoms with Gasteiger partial charge in [0.2, 0.25) is 0 Å². The van der Waals surface area contributed by atoms with Crippen molar-refractivity contribution in [2.24, 2.45) is 0 Å². The molecule has 0 aliphatic heterocycles. The van der Waals surface area contributed by atoms with E-state index < -0.39 is 0 Å². The van der Waals surface area contributed by atoms with Crippen LogP contribution in [0.25, 0.3) is 93.6 Å². The summed E-state index contributed by atoms with van der Waals surface area (Å²) in [7, 11) is 0. The van der Waals surface area contributed by atoms with Crippen molar-refractivity contribution in [1.82, 2.24) is 13.7 Å². The molecule has 0 spiro atoms. The molecular formula is C48H31N3. The zero-order valence-electron chi connectivity index (χ0n) is 27.7. The highest BCUT2D eigenvalue weighted by Crippen LogP contribution is 2.42. The first kappa shape index (κ1) is 28.0. The van der Waals surface area contributed by atoms with Gasteiger partial charge in [0.25, 0.3) is 0 Å². The van der Waals surface area contributed by atoms with Gasteiger partial charge in [-0.15, -0.1) is 0 Å². The second kappa shape index (κ2) is 10.8. The summed E-state index contributed by atoms with van der Waals surface area (Å²) in [5, 5.41) is 7.55. The van der Waals surface area contributed by atoms with Crippen LogP contribution < -0.4 is 0 Å². The van der Waals surface area contributed by atoms with Crippen molar-refractivity contribution in [3.8, 4) is 28.2 Å². The molecule has 11 aromatic rings. The summed E-state index contributed by atoms with van der Waals surface area (Å²) >= 11 is 0. The van der Waals surface area contributed by atoms with E-state index in [0.717, 1.165) is 11.4 Å². The van der Waals surface area contributed by atoms with E-state index in [1.807, 2.05) is 0 Å². The van der Waals surface area contributed by atoms with E-state index in [4.69, 9.17) is 0 Å². The van der Waals surface area contributed by atoms with Crippen LogP contribution in [0.4, 0.5) is 0 Å². The highest BCUT2D eigenvalue weighted by Gasteiger charge is 2.21. The SMILES string of the molecule is c1ccc(-n2c3ccccc3c3ccc(-c4ccc(-n5c6ccccc6c6ccc7c8ccccc8n(-c8ccccc8)c7c65)cc4)cc32)cc1. The molecule has 0 aliphatic carbocycles. The standard InChI is InChI=1S/C48H31N3/c1-3-13-34(14-4-1)49-43-20-10-7-17-37(43)40-28-25-33(31-46(40)49)32-23-26-36(27-24-32)51-45-22-12-9-19-39(45)42-30-29-41-38-18-8-11-21-44(38)50(47(41)48(42)51)35-15-5-2-6-16-35/h1-31H. The second-order valence-corrected chi connectivity index (χ2v) is 13.4. The van der Waals surface area contributed by atoms with Gasteiger partial charge in [-0.1, -0.05) is 127 Å². The zero-order chi connectivity index (χ0) is 33.5. The van der Waals surface area contributed by atoms with Crippen LogP contribution in [-0.4, -0.2) is 13.7 Å². The number of hydrogen-bond acceptors (Lipinski definition) is 0. The molecule has 0 bridgehead atoms. The quantitative estimate of drug-likeness (QED) is 0.180. The molecule has 0 N–H and O–H groups in total. The van der Waals surface area contributed by atoms with Crippen molar-refractivity contribution in [2.45, 2.75) is 0 Å². The summed E-state index contributed by atoms with van der Waals surface area (Å²) in [6.45, 7) is 0. The van der Waals surface area contributed by atoms with Crippen molar-refractivity contribution < 1.29 is 0 Å². The van der Waals surface area contributed by atoms with Crippen LogP contribution in [0.1, 0.15) is 0 Å². The van der Waals surface area contributed by atoms with Gasteiger partial charge in [-0.25, -0.2) is 0 Å². The first-order valence-corrected chi connectivity index (χ1v) is 17.5. The minimum atomic E-state index is 1.14. The molecule has 51 heavy (non-hydrogen) atoms. The topological polar surface area (TPSA) is 14.8 Å². The maximum absolute atomic E-state index is 2.46. The Hall–Kier alpha value is -6.84. The van der Waals surface area contributed by atoms with Gasteiger partial charge in [0, 0.05) is 49.4 Å². The lowest BCUT2D eigenvalue weighted by atomic mass is 10.0. The van der Waals surface area contributed by atoms with Crippen LogP contribution in [0.2, 0.25) is 0 Å². The molecule has 0 radical (unpaired) electrons. The molecule has 3 heteroatoms. The van der Waals surface area contributed by atoms with E-state index in [-0.39, 0.29) is 0 Å². The Kier molecular flexibility index (Phi) is 5.96. The maximum atomic E-state index is 2.46. The molecule has 3 nitrogen and oxygen atoms in total. The summed E-state index contributed by atoms with van der Waals surface area (Å²) < 4.78 is 7.29. The zero-order valence-corrected chi connectivity index (χ0v) is 27.7. The average molecular weight is 650 g/mol. The van der Waals surface area contributed by atoms with Crippen LogP contribution in [0.15, 0.2) is 188 Å². The van der Waals surface area contributed by atoms with Gasteiger partial charge in [0.1, 0.15) is 0 Å². The summed E-state index contributed by atoms with van der Waals surface area (Å²) in [5.74, 6) is 0. The lowest BCUT2D eigenvalue weighted by molar-refractivity contribution is 1.15. The Morgan fingerprint density at radius 2 is 0.608 bits per heavy atom. The van der Waals surface area contributed by atoms with Crippen molar-refractivity contribution in [3.05, 3.63) is 188 Å². The molecule has 11 rings (SSSR count). The molecule has 3 aromatic heterocycles. The maximum Gasteiger partial charge on any atom is 0.0788 e. The largest absolute Gasteiger partial charge is 0.309 e. The van der Waals surface area contributed by atoms with Gasteiger partial charge in [0.15, 0.2) is 0 Å². The molecule has 0 aliphatic rings. The summed E-state index contributed by atoms with van der Waals surface area (Å²) in [6, 6.07) is 68.4. The molecule has 3 heterocycles. The number of hydrogen-bond donors (Lipinski definition) is 0. The second-order valence-electron chi connectivity index (χ2n) is 13.4. The fourth-order valence-corrected chi connectivity index (χ4v) is 8.42. The van der Waals surface area contributed by atoms with Crippen molar-refractivity contribution in [2.75, 3.05) is 0 Å². The summed E-state index contributed by atoms with van der Waals surface area (Å²) in [4.78, 5) is 0. The first-order chi connectivity index (χ1) is 25.3. The fraction of sp³-hybridized carbons (Fsp3) is 0. The van der Waals surface area contributed by atoms with Crippen LogP contribution in [-0.2, 0) is 0 Å². The summed E-state index contributed by atoms with van der Waals surface area (Å²) in [6.07, 6.45) is 0. The first-order valence-electron chi connectivity index (χ1n) is 17.5. The molecule has 0 saturated heterocycles. The van der Waals surface area contributed by atoms with Crippen molar-refractivity contribution in [1.29, 1.82) is 0 Å². The molecule has 0 atom stereocenters. The van der Waals surface area contributed by atoms with Gasteiger partial charge in [-0.3, -0.25) is 0 Å². The third-order valence-electron chi connectivity index (χ3n) is 10.6. The Balaban J connectivity index is 1.14. The normalized spacial score (nSPS) is 11.9. The molecule has 0 saturated carbocycles. The van der Waals surface area contributed by atoms with Crippen LogP contribution in [0.3, 0.4) is 0 Å². The van der Waals surface area contributed by atoms with E-state index in [1.165, 1.54) is 82.2 Å². The van der Waals surface area contributed by atoms with E-state index in [1.54, 1.807) is 0 Å². The van der Waals surface area contributed by atoms with Crippen molar-refractivity contribution in [3.63, 3.8) is 0 Å². The van der Waals surface area contributed by atoms with E-state index in [2.05, 4.69) is 202 Å². The predicted octanol–water partition coefficient (Wildman–Crippen LogP) is 12.6. The molecule has 8 aromatic carbocycles. The number of rotatable bonds is 4. The molecular weight excluding hydrogens is 619 g/mol. The van der Waals surface area contributed by atoms with E-state index in [9.17, 15) is 0 Å². The Morgan fingerprint density at radius 3 is 1.16 bits per heavy atom. The van der Waals surface area contributed by atoms with E-state index in [0.29, 0.717) is 0 Å². The predicted molar refractivity (Wildman–Crippen MR) is 215 cm³/mol. The van der Waals surface area contributed by atoms with Gasteiger partial charge in [-0.05, 0) is 71.8 Å². The molecule has 238 valence electrons. The van der Waals surface area contributed by atoms with Crippen LogP contribution in [0.5, 0.6) is 0 Å². The minimum Gasteiger partial charge on any atom is -0.309 e. The van der Waals surface area contributed by atoms with Crippen molar-refractivity contribution >= 4 is 65.4 Å². The van der Waals surface area contributed by atoms with Gasteiger partial charge >= 0.3 is 0 Å². The fourth-order valence-electron chi connectivity index (χ4n) is 8.42. The number of benzene rings is 8. The third-order valence-corrected chi connectivity index (χ3v) is 10.6. The lowest BCUT2D eigenvalue weighted by Gasteiger charge is -2.13.